The van der Waals surface area contributed by atoms with Crippen LogP contribution < -0.4 is 0 Å². The molecule has 0 N–H and O–H groups in total. The van der Waals surface area contributed by atoms with Crippen molar-refractivity contribution in [1.29, 1.82) is 0 Å². The summed E-state index contributed by atoms with van der Waals surface area (Å²) < 4.78 is 14.0. The summed E-state index contributed by atoms with van der Waals surface area (Å²) in [6, 6.07) is 15.6. The van der Waals surface area contributed by atoms with Crippen LogP contribution in [-0.4, -0.2) is 0 Å². The number of alkyl halides is 1. The van der Waals surface area contributed by atoms with E-state index < -0.39 is 5.38 Å². The summed E-state index contributed by atoms with van der Waals surface area (Å²) in [5.41, 5.74) is 1.16. The Labute approximate surface area is 137 Å². The highest BCUT2D eigenvalue weighted by Gasteiger charge is 2.18. The molecule has 3 rings (SSSR count). The number of halogens is 4. The quantitative estimate of drug-likeness (QED) is 0.461. The van der Waals surface area contributed by atoms with Gasteiger partial charge in [-0.2, -0.15) is 0 Å². The third kappa shape index (κ3) is 2.74. The second kappa shape index (κ2) is 5.84. The topological polar surface area (TPSA) is 0 Å². The third-order valence-electron chi connectivity index (χ3n) is 3.41. The minimum absolute atomic E-state index is 0.358. The first-order chi connectivity index (χ1) is 10.1. The van der Waals surface area contributed by atoms with Gasteiger partial charge in [0.1, 0.15) is 5.82 Å². The largest absolute Gasteiger partial charge is 0.207 e. The van der Waals surface area contributed by atoms with Crippen molar-refractivity contribution in [3.63, 3.8) is 0 Å². The lowest BCUT2D eigenvalue weighted by Crippen LogP contribution is -1.98. The molecule has 0 nitrogen and oxygen atoms in total. The summed E-state index contributed by atoms with van der Waals surface area (Å²) >= 11 is 18.6. The molecule has 4 heteroatoms. The van der Waals surface area contributed by atoms with E-state index in [1.165, 1.54) is 12.1 Å². The lowest BCUT2D eigenvalue weighted by Gasteiger charge is -2.15. The van der Waals surface area contributed by atoms with Crippen LogP contribution in [0.25, 0.3) is 10.8 Å². The Morgan fingerprint density at radius 2 is 1.52 bits per heavy atom. The smallest absolute Gasteiger partial charge is 0.128 e. The molecule has 0 bridgehead atoms. The van der Waals surface area contributed by atoms with Gasteiger partial charge in [0.2, 0.25) is 0 Å². The highest BCUT2D eigenvalue weighted by Crippen LogP contribution is 2.38. The first kappa shape index (κ1) is 14.6. The van der Waals surface area contributed by atoms with Crippen LogP contribution in [0.2, 0.25) is 10.0 Å². The van der Waals surface area contributed by atoms with Crippen molar-refractivity contribution < 1.29 is 4.39 Å². The molecule has 1 unspecified atom stereocenters. The fourth-order valence-electron chi connectivity index (χ4n) is 2.38. The number of rotatable bonds is 2. The normalized spacial score (nSPS) is 12.6. The van der Waals surface area contributed by atoms with Gasteiger partial charge in [-0.15, -0.1) is 11.6 Å². The van der Waals surface area contributed by atoms with E-state index in [0.29, 0.717) is 15.6 Å². The van der Waals surface area contributed by atoms with Gasteiger partial charge in [-0.3, -0.25) is 0 Å². The number of hydrogen-bond acceptors (Lipinski definition) is 0. The Kier molecular flexibility index (Phi) is 4.08. The zero-order valence-electron chi connectivity index (χ0n) is 10.8. The van der Waals surface area contributed by atoms with Gasteiger partial charge >= 0.3 is 0 Å². The zero-order valence-corrected chi connectivity index (χ0v) is 13.1. The Balaban J connectivity index is 2.20. The number of hydrogen-bond donors (Lipinski definition) is 0. The van der Waals surface area contributed by atoms with E-state index >= 15 is 0 Å². The molecule has 0 aliphatic carbocycles. The van der Waals surface area contributed by atoms with Crippen LogP contribution in [-0.2, 0) is 0 Å². The van der Waals surface area contributed by atoms with Crippen molar-refractivity contribution in [2.45, 2.75) is 5.38 Å². The first-order valence-corrected chi connectivity index (χ1v) is 7.53. The fourth-order valence-corrected chi connectivity index (χ4v) is 3.15. The average Bonchev–Trinajstić information content (AvgIpc) is 2.50. The lowest BCUT2D eigenvalue weighted by atomic mass is 9.97. The van der Waals surface area contributed by atoms with Crippen LogP contribution in [0.15, 0.2) is 54.6 Å². The van der Waals surface area contributed by atoms with Crippen molar-refractivity contribution in [2.75, 3.05) is 0 Å². The SMILES string of the molecule is Fc1ccc(Cl)cc1C(Cl)c1ccc(Cl)c2ccccc12. The van der Waals surface area contributed by atoms with Gasteiger partial charge in [0.15, 0.2) is 0 Å². The summed E-state index contributed by atoms with van der Waals surface area (Å²) in [5, 5.41) is 2.26. The minimum Gasteiger partial charge on any atom is -0.207 e. The van der Waals surface area contributed by atoms with Gasteiger partial charge in [0, 0.05) is 21.0 Å². The predicted octanol–water partition coefficient (Wildman–Crippen LogP) is 6.61. The minimum atomic E-state index is -0.633. The van der Waals surface area contributed by atoms with Gasteiger partial charge in [-0.05, 0) is 35.2 Å². The second-order valence-corrected chi connectivity index (χ2v) is 5.99. The monoisotopic (exact) mass is 338 g/mol. The molecule has 0 fully saturated rings. The maximum atomic E-state index is 14.0. The van der Waals surface area contributed by atoms with E-state index in [4.69, 9.17) is 34.8 Å². The van der Waals surface area contributed by atoms with Gasteiger partial charge < -0.3 is 0 Å². The summed E-state index contributed by atoms with van der Waals surface area (Å²) in [6.45, 7) is 0. The van der Waals surface area contributed by atoms with E-state index in [1.807, 2.05) is 30.3 Å². The van der Waals surface area contributed by atoms with E-state index in [2.05, 4.69) is 0 Å². The molecular formula is C17H10Cl3F. The van der Waals surface area contributed by atoms with Crippen LogP contribution in [0, 0.1) is 5.82 Å². The lowest BCUT2D eigenvalue weighted by molar-refractivity contribution is 0.612. The molecule has 0 saturated heterocycles. The molecule has 106 valence electrons. The van der Waals surface area contributed by atoms with Gasteiger partial charge in [0.25, 0.3) is 0 Å². The average molecular weight is 340 g/mol. The van der Waals surface area contributed by atoms with Gasteiger partial charge in [-0.25, -0.2) is 4.39 Å². The molecule has 0 aliphatic heterocycles. The van der Waals surface area contributed by atoms with Crippen molar-refractivity contribution in [3.05, 3.63) is 81.6 Å². The molecule has 0 saturated carbocycles. The van der Waals surface area contributed by atoms with Crippen molar-refractivity contribution in [1.82, 2.24) is 0 Å². The molecule has 3 aromatic carbocycles. The predicted molar refractivity (Wildman–Crippen MR) is 88.1 cm³/mol. The third-order valence-corrected chi connectivity index (χ3v) is 4.44. The van der Waals surface area contributed by atoms with E-state index in [9.17, 15) is 4.39 Å². The molecule has 0 aromatic heterocycles. The van der Waals surface area contributed by atoms with Crippen molar-refractivity contribution in [2.24, 2.45) is 0 Å². The summed E-state index contributed by atoms with van der Waals surface area (Å²) in [5.74, 6) is -0.376. The van der Waals surface area contributed by atoms with E-state index in [0.717, 1.165) is 16.3 Å². The standard InChI is InChI=1S/C17H10Cl3F/c18-10-5-8-16(21)14(9-10)17(20)13-6-7-15(19)12-4-2-1-3-11(12)13/h1-9,17H. The zero-order chi connectivity index (χ0) is 15.0. The van der Waals surface area contributed by atoms with Crippen molar-refractivity contribution >= 4 is 45.6 Å². The van der Waals surface area contributed by atoms with E-state index in [1.54, 1.807) is 12.1 Å². The molecule has 0 spiro atoms. The molecule has 1 atom stereocenters. The molecule has 3 aromatic rings. The highest BCUT2D eigenvalue weighted by molar-refractivity contribution is 6.36. The summed E-state index contributed by atoms with van der Waals surface area (Å²) in [4.78, 5) is 0. The maximum Gasteiger partial charge on any atom is 0.128 e. The maximum absolute atomic E-state index is 14.0. The Morgan fingerprint density at radius 3 is 2.29 bits per heavy atom. The second-order valence-electron chi connectivity index (χ2n) is 4.71. The number of fused-ring (bicyclic) bond motifs is 1. The van der Waals surface area contributed by atoms with Crippen LogP contribution in [0.3, 0.4) is 0 Å². The Bertz CT molecular complexity index is 814. The summed E-state index contributed by atoms with van der Waals surface area (Å²) in [7, 11) is 0. The van der Waals surface area contributed by atoms with Crippen LogP contribution in [0.4, 0.5) is 4.39 Å². The molecule has 0 aliphatic rings. The molecule has 0 amide bonds. The molecule has 0 heterocycles. The number of benzene rings is 3. The fraction of sp³-hybridized carbons (Fsp3) is 0.0588. The van der Waals surface area contributed by atoms with Gasteiger partial charge in [0.05, 0.1) is 5.38 Å². The van der Waals surface area contributed by atoms with Crippen LogP contribution >= 0.6 is 34.8 Å². The summed E-state index contributed by atoms with van der Waals surface area (Å²) in [6.07, 6.45) is 0. The first-order valence-electron chi connectivity index (χ1n) is 6.34. The van der Waals surface area contributed by atoms with Crippen molar-refractivity contribution in [3.8, 4) is 0 Å². The van der Waals surface area contributed by atoms with Gasteiger partial charge in [-0.1, -0.05) is 53.5 Å². The molecular weight excluding hydrogens is 330 g/mol. The van der Waals surface area contributed by atoms with Crippen LogP contribution in [0.1, 0.15) is 16.5 Å². The highest BCUT2D eigenvalue weighted by atomic mass is 35.5. The van der Waals surface area contributed by atoms with E-state index in [-0.39, 0.29) is 5.82 Å². The molecule has 0 radical (unpaired) electrons. The Hall–Kier alpha value is -1.28. The van der Waals surface area contributed by atoms with Crippen LogP contribution in [0.5, 0.6) is 0 Å². The molecule has 21 heavy (non-hydrogen) atoms. The Morgan fingerprint density at radius 1 is 0.810 bits per heavy atom.